The minimum absolute atomic E-state index is 0.239. The highest BCUT2D eigenvalue weighted by Crippen LogP contribution is 2.51. The third kappa shape index (κ3) is 2.61. The molecular weight excluding hydrogens is 402 g/mol. The smallest absolute Gasteiger partial charge is 0.220 e. The Balaban J connectivity index is 1.57. The standard InChI is InChI=1S/C23H18ClN3OS/c1-13-20-21-15(11-28-23(20)27(26-13)19-9-5-3-7-17(19)24)12-29-22-16(21)10-14-6-2-4-8-18(14)25-22/h2-10,15,21H,11-12H2,1H3/t15-,21-/m0/s1. The highest BCUT2D eigenvalue weighted by molar-refractivity contribution is 7.99. The van der Waals surface area contributed by atoms with E-state index in [9.17, 15) is 0 Å². The Morgan fingerprint density at radius 2 is 1.97 bits per heavy atom. The average Bonchev–Trinajstić information content (AvgIpc) is 3.09. The minimum Gasteiger partial charge on any atom is -0.477 e. The fraction of sp³-hybridized carbons (Fsp3) is 0.217. The molecule has 4 nitrogen and oxygen atoms in total. The fourth-order valence-corrected chi connectivity index (χ4v) is 5.90. The number of hydrogen-bond acceptors (Lipinski definition) is 4. The molecule has 0 spiro atoms. The van der Waals surface area contributed by atoms with E-state index in [4.69, 9.17) is 26.4 Å². The van der Waals surface area contributed by atoms with Gasteiger partial charge in [-0.05, 0) is 36.8 Å². The van der Waals surface area contributed by atoms with Crippen LogP contribution in [-0.2, 0) is 0 Å². The lowest BCUT2D eigenvalue weighted by Gasteiger charge is -2.36. The second-order valence-corrected chi connectivity index (χ2v) is 9.02. The summed E-state index contributed by atoms with van der Waals surface area (Å²) in [6.45, 7) is 2.74. The van der Waals surface area contributed by atoms with Crippen LogP contribution in [0.25, 0.3) is 16.6 Å². The van der Waals surface area contributed by atoms with Gasteiger partial charge in [0.2, 0.25) is 5.88 Å². The molecule has 6 rings (SSSR count). The van der Waals surface area contributed by atoms with Crippen molar-refractivity contribution in [2.24, 2.45) is 5.92 Å². The number of para-hydroxylation sites is 2. The van der Waals surface area contributed by atoms with E-state index in [1.807, 2.05) is 46.8 Å². The molecular formula is C23H18ClN3OS. The van der Waals surface area contributed by atoms with Gasteiger partial charge in [0, 0.05) is 28.5 Å². The van der Waals surface area contributed by atoms with Gasteiger partial charge in [0.1, 0.15) is 5.03 Å². The van der Waals surface area contributed by atoms with Gasteiger partial charge in [-0.15, -0.1) is 11.8 Å². The van der Waals surface area contributed by atoms with Crippen molar-refractivity contribution in [1.29, 1.82) is 0 Å². The second kappa shape index (κ2) is 6.51. The van der Waals surface area contributed by atoms with Crippen LogP contribution >= 0.6 is 23.4 Å². The molecule has 2 aliphatic heterocycles. The van der Waals surface area contributed by atoms with Crippen LogP contribution in [0.5, 0.6) is 5.88 Å². The van der Waals surface area contributed by atoms with Crippen molar-refractivity contribution in [2.45, 2.75) is 17.9 Å². The number of aryl methyl sites for hydroxylation is 1. The van der Waals surface area contributed by atoms with Gasteiger partial charge in [-0.2, -0.15) is 9.78 Å². The van der Waals surface area contributed by atoms with Crippen molar-refractivity contribution in [3.8, 4) is 11.6 Å². The summed E-state index contributed by atoms with van der Waals surface area (Å²) in [7, 11) is 0. The van der Waals surface area contributed by atoms with Gasteiger partial charge in [0.25, 0.3) is 0 Å². The van der Waals surface area contributed by atoms with E-state index in [0.29, 0.717) is 17.5 Å². The van der Waals surface area contributed by atoms with Gasteiger partial charge in [-0.25, -0.2) is 4.98 Å². The van der Waals surface area contributed by atoms with Crippen LogP contribution in [0.4, 0.5) is 0 Å². The molecule has 0 N–H and O–H groups in total. The fourth-order valence-electron chi connectivity index (χ4n) is 4.51. The third-order valence-electron chi connectivity index (χ3n) is 5.85. The highest BCUT2D eigenvalue weighted by Gasteiger charge is 2.41. The maximum Gasteiger partial charge on any atom is 0.220 e. The van der Waals surface area contributed by atoms with Gasteiger partial charge in [-0.1, -0.05) is 41.9 Å². The molecule has 0 saturated carbocycles. The monoisotopic (exact) mass is 419 g/mol. The maximum atomic E-state index is 6.46. The lowest BCUT2D eigenvalue weighted by molar-refractivity contribution is 0.205. The van der Waals surface area contributed by atoms with Crippen molar-refractivity contribution in [3.63, 3.8) is 0 Å². The number of halogens is 1. The minimum atomic E-state index is 0.239. The summed E-state index contributed by atoms with van der Waals surface area (Å²) < 4.78 is 8.13. The third-order valence-corrected chi connectivity index (χ3v) is 7.36. The van der Waals surface area contributed by atoms with Crippen LogP contribution < -0.4 is 4.74 Å². The van der Waals surface area contributed by atoms with E-state index in [0.717, 1.165) is 33.6 Å². The number of ether oxygens (including phenoxy) is 1. The Labute approximate surface area is 177 Å². The second-order valence-electron chi connectivity index (χ2n) is 7.60. The van der Waals surface area contributed by atoms with Crippen LogP contribution in [0.1, 0.15) is 22.7 Å². The van der Waals surface area contributed by atoms with Gasteiger partial charge >= 0.3 is 0 Å². The first-order chi connectivity index (χ1) is 14.2. The van der Waals surface area contributed by atoms with E-state index in [1.165, 1.54) is 16.5 Å². The number of benzene rings is 2. The Hall–Kier alpha value is -2.50. The molecule has 0 fully saturated rings. The molecule has 0 unspecified atom stereocenters. The van der Waals surface area contributed by atoms with Crippen LogP contribution in [0.2, 0.25) is 5.02 Å². The Kier molecular flexibility index (Phi) is 3.90. The lowest BCUT2D eigenvalue weighted by atomic mass is 9.80. The van der Waals surface area contributed by atoms with E-state index >= 15 is 0 Å². The molecule has 144 valence electrons. The molecule has 2 aliphatic rings. The van der Waals surface area contributed by atoms with Crippen molar-refractivity contribution < 1.29 is 4.74 Å². The molecule has 0 saturated heterocycles. The quantitative estimate of drug-likeness (QED) is 0.401. The Morgan fingerprint density at radius 1 is 1.14 bits per heavy atom. The molecule has 0 radical (unpaired) electrons. The SMILES string of the molecule is Cc1nn(-c2ccccc2Cl)c2c1[C@@H]1c3cc4ccccc4nc3SC[C@@H]1CO2. The summed E-state index contributed by atoms with van der Waals surface area (Å²) in [5.74, 6) is 2.45. The molecule has 2 aromatic carbocycles. The summed E-state index contributed by atoms with van der Waals surface area (Å²) in [5.41, 5.74) is 5.34. The summed E-state index contributed by atoms with van der Waals surface area (Å²) in [6.07, 6.45) is 0. The molecule has 2 aromatic heterocycles. The molecule has 0 bridgehead atoms. The maximum absolute atomic E-state index is 6.46. The first kappa shape index (κ1) is 17.4. The Bertz CT molecular complexity index is 1270. The van der Waals surface area contributed by atoms with E-state index < -0.39 is 0 Å². The number of aromatic nitrogens is 3. The van der Waals surface area contributed by atoms with Crippen molar-refractivity contribution >= 4 is 34.3 Å². The average molecular weight is 420 g/mol. The number of thioether (sulfide) groups is 1. The summed E-state index contributed by atoms with van der Waals surface area (Å²) in [5, 5.41) is 7.80. The largest absolute Gasteiger partial charge is 0.477 e. The molecule has 29 heavy (non-hydrogen) atoms. The molecule has 6 heteroatoms. The normalized spacial score (nSPS) is 19.9. The van der Waals surface area contributed by atoms with Gasteiger partial charge < -0.3 is 4.74 Å². The molecule has 2 atom stereocenters. The Morgan fingerprint density at radius 3 is 2.86 bits per heavy atom. The highest BCUT2D eigenvalue weighted by atomic mass is 35.5. The first-order valence-corrected chi connectivity index (χ1v) is 11.1. The zero-order chi connectivity index (χ0) is 19.5. The van der Waals surface area contributed by atoms with Crippen LogP contribution in [0.3, 0.4) is 0 Å². The molecule has 0 amide bonds. The predicted molar refractivity (Wildman–Crippen MR) is 117 cm³/mol. The summed E-state index contributed by atoms with van der Waals surface area (Å²) >= 11 is 8.30. The van der Waals surface area contributed by atoms with Crippen molar-refractivity contribution in [2.75, 3.05) is 12.4 Å². The topological polar surface area (TPSA) is 39.9 Å². The first-order valence-electron chi connectivity index (χ1n) is 9.70. The van der Waals surface area contributed by atoms with E-state index in [1.54, 1.807) is 0 Å². The molecule has 0 aliphatic carbocycles. The van der Waals surface area contributed by atoms with Gasteiger partial charge in [-0.3, -0.25) is 0 Å². The van der Waals surface area contributed by atoms with Crippen molar-refractivity contribution in [3.05, 3.63) is 76.4 Å². The van der Waals surface area contributed by atoms with Crippen molar-refractivity contribution in [1.82, 2.24) is 14.8 Å². The van der Waals surface area contributed by atoms with E-state index in [2.05, 4.69) is 31.2 Å². The summed E-state index contributed by atoms with van der Waals surface area (Å²) in [6, 6.07) is 18.4. The number of fused-ring (bicyclic) bond motifs is 6. The summed E-state index contributed by atoms with van der Waals surface area (Å²) in [4.78, 5) is 4.96. The number of hydrogen-bond donors (Lipinski definition) is 0. The van der Waals surface area contributed by atoms with Gasteiger partial charge in [0.15, 0.2) is 0 Å². The number of nitrogens with zero attached hydrogens (tertiary/aromatic N) is 3. The lowest BCUT2D eigenvalue weighted by Crippen LogP contribution is -2.32. The van der Waals surface area contributed by atoms with E-state index in [-0.39, 0.29) is 5.92 Å². The number of pyridine rings is 1. The van der Waals surface area contributed by atoms with Crippen LogP contribution in [0.15, 0.2) is 59.6 Å². The zero-order valence-electron chi connectivity index (χ0n) is 15.8. The zero-order valence-corrected chi connectivity index (χ0v) is 17.4. The molecule has 4 aromatic rings. The van der Waals surface area contributed by atoms with Crippen LogP contribution in [0, 0.1) is 12.8 Å². The number of rotatable bonds is 1. The predicted octanol–water partition coefficient (Wildman–Crippen LogP) is 5.63. The van der Waals surface area contributed by atoms with Gasteiger partial charge in [0.05, 0.1) is 28.5 Å². The van der Waals surface area contributed by atoms with Crippen LogP contribution in [-0.4, -0.2) is 27.1 Å². The molecule has 4 heterocycles.